The monoisotopic (exact) mass is 479 g/mol. The highest BCUT2D eigenvalue weighted by molar-refractivity contribution is 7.10. The third-order valence-corrected chi connectivity index (χ3v) is 9.37. The average molecular weight is 480 g/mol. The van der Waals surface area contributed by atoms with Gasteiger partial charge in [0, 0.05) is 60.4 Å². The normalized spacial score (nSPS) is 26.1. The van der Waals surface area contributed by atoms with E-state index in [2.05, 4.69) is 45.7 Å². The standard InChI is InChI=1S/C27H37N5OS/c1-31-10-7-20(8-11-31)27-30-25(18-34-27)24-17-29-26-23(24)15-21(16-28-26)19-3-5-22(6-4-19)32-9-2-13-33-14-12-32/h15-20,22H,2-14H2,1H3,(H,28,29). The van der Waals surface area contributed by atoms with Gasteiger partial charge in [0.25, 0.3) is 0 Å². The maximum absolute atomic E-state index is 5.67. The predicted molar refractivity (Wildman–Crippen MR) is 139 cm³/mol. The minimum absolute atomic E-state index is 0.611. The van der Waals surface area contributed by atoms with Crippen molar-refractivity contribution in [3.63, 3.8) is 0 Å². The van der Waals surface area contributed by atoms with E-state index in [1.165, 1.54) is 86.1 Å². The van der Waals surface area contributed by atoms with Crippen LogP contribution in [0, 0.1) is 0 Å². The number of fused-ring (bicyclic) bond motifs is 1. The number of piperidine rings is 1. The van der Waals surface area contributed by atoms with Crippen LogP contribution in [0.1, 0.15) is 67.4 Å². The molecule has 0 radical (unpaired) electrons. The summed E-state index contributed by atoms with van der Waals surface area (Å²) in [5.41, 5.74) is 4.69. The number of nitrogens with zero attached hydrogens (tertiary/aromatic N) is 4. The number of hydrogen-bond acceptors (Lipinski definition) is 6. The molecule has 1 aliphatic carbocycles. The smallest absolute Gasteiger partial charge is 0.137 e. The summed E-state index contributed by atoms with van der Waals surface area (Å²) in [4.78, 5) is 18.4. The van der Waals surface area contributed by atoms with Crippen molar-refractivity contribution in [1.82, 2.24) is 24.8 Å². The van der Waals surface area contributed by atoms with Gasteiger partial charge in [-0.05, 0) is 82.6 Å². The molecule has 2 aliphatic heterocycles. The molecule has 34 heavy (non-hydrogen) atoms. The zero-order chi connectivity index (χ0) is 22.9. The van der Waals surface area contributed by atoms with Gasteiger partial charge in [-0.2, -0.15) is 0 Å². The van der Waals surface area contributed by atoms with Crippen LogP contribution in [0.4, 0.5) is 0 Å². The number of aromatic amines is 1. The molecule has 1 N–H and O–H groups in total. The summed E-state index contributed by atoms with van der Waals surface area (Å²) in [5, 5.41) is 4.78. The molecule has 3 fully saturated rings. The second-order valence-corrected chi connectivity index (χ2v) is 11.4. The number of hydrogen-bond donors (Lipinski definition) is 1. The SMILES string of the molecule is CN1CCC(c2nc(-c3c[nH]c4ncc(C5CCC(N6CCCOCC6)CC5)cc34)cs2)CC1. The zero-order valence-corrected chi connectivity index (χ0v) is 21.2. The summed E-state index contributed by atoms with van der Waals surface area (Å²) < 4.78 is 5.67. The van der Waals surface area contributed by atoms with Gasteiger partial charge in [0.1, 0.15) is 5.65 Å². The fraction of sp³-hybridized carbons (Fsp3) is 0.630. The van der Waals surface area contributed by atoms with Gasteiger partial charge in [0.15, 0.2) is 0 Å². The molecule has 2 saturated heterocycles. The lowest BCUT2D eigenvalue weighted by molar-refractivity contribution is 0.118. The van der Waals surface area contributed by atoms with Gasteiger partial charge in [-0.1, -0.05) is 0 Å². The van der Waals surface area contributed by atoms with Crippen molar-refractivity contribution in [1.29, 1.82) is 0 Å². The number of aromatic nitrogens is 3. The minimum Gasteiger partial charge on any atom is -0.380 e. The molecule has 7 heteroatoms. The van der Waals surface area contributed by atoms with Crippen LogP contribution >= 0.6 is 11.3 Å². The average Bonchev–Trinajstić information content (AvgIpc) is 3.43. The Morgan fingerprint density at radius 1 is 1.00 bits per heavy atom. The molecule has 0 aromatic carbocycles. The van der Waals surface area contributed by atoms with E-state index < -0.39 is 0 Å². The predicted octanol–water partition coefficient (Wildman–Crippen LogP) is 5.24. The van der Waals surface area contributed by atoms with Gasteiger partial charge in [-0.25, -0.2) is 9.97 Å². The van der Waals surface area contributed by atoms with E-state index in [0.29, 0.717) is 11.8 Å². The summed E-state index contributed by atoms with van der Waals surface area (Å²) in [5.74, 6) is 1.23. The molecule has 5 heterocycles. The van der Waals surface area contributed by atoms with Gasteiger partial charge < -0.3 is 14.6 Å². The van der Waals surface area contributed by atoms with Gasteiger partial charge in [-0.3, -0.25) is 4.90 Å². The fourth-order valence-electron chi connectivity index (χ4n) is 6.21. The Morgan fingerprint density at radius 2 is 1.85 bits per heavy atom. The van der Waals surface area contributed by atoms with Crippen LogP contribution in [0.3, 0.4) is 0 Å². The van der Waals surface area contributed by atoms with Crippen LogP contribution in [-0.4, -0.2) is 77.2 Å². The summed E-state index contributed by atoms with van der Waals surface area (Å²) in [6, 6.07) is 3.12. The van der Waals surface area contributed by atoms with Crippen molar-refractivity contribution in [3.05, 3.63) is 34.4 Å². The van der Waals surface area contributed by atoms with Crippen LogP contribution in [0.5, 0.6) is 0 Å². The fourth-order valence-corrected chi connectivity index (χ4v) is 7.21. The lowest BCUT2D eigenvalue weighted by atomic mass is 9.81. The van der Waals surface area contributed by atoms with Crippen molar-refractivity contribution < 1.29 is 4.74 Å². The zero-order valence-electron chi connectivity index (χ0n) is 20.3. The lowest BCUT2D eigenvalue weighted by Crippen LogP contribution is -2.39. The Hall–Kier alpha value is -1.80. The van der Waals surface area contributed by atoms with Gasteiger partial charge >= 0.3 is 0 Å². The van der Waals surface area contributed by atoms with E-state index in [-0.39, 0.29) is 0 Å². The van der Waals surface area contributed by atoms with Crippen molar-refractivity contribution in [3.8, 4) is 11.3 Å². The number of pyridine rings is 1. The molecule has 6 rings (SSSR count). The second kappa shape index (κ2) is 10.1. The molecule has 182 valence electrons. The largest absolute Gasteiger partial charge is 0.380 e. The Morgan fingerprint density at radius 3 is 2.71 bits per heavy atom. The van der Waals surface area contributed by atoms with E-state index in [1.54, 1.807) is 0 Å². The summed E-state index contributed by atoms with van der Waals surface area (Å²) in [7, 11) is 2.22. The topological polar surface area (TPSA) is 57.3 Å². The molecule has 3 aromatic heterocycles. The van der Waals surface area contributed by atoms with E-state index in [4.69, 9.17) is 14.7 Å². The second-order valence-electron chi connectivity index (χ2n) is 10.5. The van der Waals surface area contributed by atoms with E-state index in [9.17, 15) is 0 Å². The summed E-state index contributed by atoms with van der Waals surface area (Å²) >= 11 is 1.83. The van der Waals surface area contributed by atoms with E-state index >= 15 is 0 Å². The highest BCUT2D eigenvalue weighted by Gasteiger charge is 2.28. The molecule has 6 nitrogen and oxygen atoms in total. The Kier molecular flexibility index (Phi) is 6.70. The van der Waals surface area contributed by atoms with Crippen LogP contribution in [0.2, 0.25) is 0 Å². The Bertz CT molecular complexity index is 1090. The number of rotatable bonds is 4. The first-order valence-electron chi connectivity index (χ1n) is 13.2. The Balaban J connectivity index is 1.17. The van der Waals surface area contributed by atoms with E-state index in [0.717, 1.165) is 37.1 Å². The number of H-pyrrole nitrogens is 1. The molecule has 0 amide bonds. The van der Waals surface area contributed by atoms with Crippen molar-refractivity contribution in [2.24, 2.45) is 0 Å². The van der Waals surface area contributed by atoms with Crippen LogP contribution in [0.25, 0.3) is 22.3 Å². The molecule has 3 aromatic rings. The maximum Gasteiger partial charge on any atom is 0.137 e. The van der Waals surface area contributed by atoms with Crippen LogP contribution in [-0.2, 0) is 4.74 Å². The van der Waals surface area contributed by atoms with Gasteiger partial charge in [-0.15, -0.1) is 11.3 Å². The minimum atomic E-state index is 0.611. The van der Waals surface area contributed by atoms with Crippen molar-refractivity contribution >= 4 is 22.4 Å². The molecule has 0 spiro atoms. The first-order chi connectivity index (χ1) is 16.7. The van der Waals surface area contributed by atoms with Crippen molar-refractivity contribution in [2.75, 3.05) is 46.4 Å². The number of likely N-dealkylation sites (tertiary alicyclic amines) is 1. The molecular formula is C27H37N5OS. The van der Waals surface area contributed by atoms with Gasteiger partial charge in [0.2, 0.25) is 0 Å². The van der Waals surface area contributed by atoms with Crippen molar-refractivity contribution in [2.45, 2.75) is 62.8 Å². The number of thiazole rings is 1. The first-order valence-corrected chi connectivity index (χ1v) is 14.1. The summed E-state index contributed by atoms with van der Waals surface area (Å²) in [6.07, 6.45) is 12.9. The molecule has 3 aliphatic rings. The molecule has 0 bridgehead atoms. The first kappa shape index (κ1) is 22.7. The maximum atomic E-state index is 5.67. The van der Waals surface area contributed by atoms with E-state index in [1.807, 2.05) is 11.3 Å². The lowest BCUT2D eigenvalue weighted by Gasteiger charge is -2.36. The molecule has 1 saturated carbocycles. The third-order valence-electron chi connectivity index (χ3n) is 8.36. The highest BCUT2D eigenvalue weighted by Crippen LogP contribution is 2.38. The number of ether oxygens (including phenoxy) is 1. The highest BCUT2D eigenvalue weighted by atomic mass is 32.1. The molecule has 0 atom stereocenters. The number of nitrogens with one attached hydrogen (secondary N) is 1. The molecular weight excluding hydrogens is 442 g/mol. The van der Waals surface area contributed by atoms with Crippen LogP contribution in [0.15, 0.2) is 23.8 Å². The van der Waals surface area contributed by atoms with Gasteiger partial charge in [0.05, 0.1) is 17.3 Å². The quantitative estimate of drug-likeness (QED) is 0.554. The molecule has 0 unspecified atom stereocenters. The Labute approximate surface area is 206 Å². The van der Waals surface area contributed by atoms with Crippen LogP contribution < -0.4 is 0 Å². The third kappa shape index (κ3) is 4.68. The summed E-state index contributed by atoms with van der Waals surface area (Å²) in [6.45, 7) is 6.47.